The molecule has 0 radical (unpaired) electrons. The van der Waals surface area contributed by atoms with Crippen LogP contribution in [0.15, 0.2) is 0 Å². The summed E-state index contributed by atoms with van der Waals surface area (Å²) in [5.74, 6) is -0.0216. The smallest absolute Gasteiger partial charge is 0.224 e. The van der Waals surface area contributed by atoms with Gasteiger partial charge in [0.25, 0.3) is 0 Å². The normalized spacial score (nSPS) is 8.00. The Morgan fingerprint density at radius 2 is 1.71 bits per heavy atom. The van der Waals surface area contributed by atoms with Crippen molar-refractivity contribution in [3.05, 3.63) is 0 Å². The zero-order chi connectivity index (χ0) is 5.15. The fraction of sp³-hybridized carbons (Fsp3) is 0.750. The number of halogens is 2. The van der Waals surface area contributed by atoms with Crippen LogP contribution in [0.25, 0.3) is 0 Å². The van der Waals surface area contributed by atoms with Gasteiger partial charge in [-0.05, 0) is 11.6 Å². The van der Waals surface area contributed by atoms with Crippen LogP contribution in [0.2, 0.25) is 0 Å². The standard InChI is InChI=1S/C4H7ClO.ClH/c1-3(2)4(5)6;/h3H,1-2H3;1H/p-1. The summed E-state index contributed by atoms with van der Waals surface area (Å²) < 4.78 is 0. The van der Waals surface area contributed by atoms with E-state index in [9.17, 15) is 4.79 Å². The summed E-state index contributed by atoms with van der Waals surface area (Å²) in [5.41, 5.74) is 0. The van der Waals surface area contributed by atoms with Crippen LogP contribution in [0.4, 0.5) is 0 Å². The van der Waals surface area contributed by atoms with Gasteiger partial charge < -0.3 is 12.4 Å². The van der Waals surface area contributed by atoms with E-state index in [0.29, 0.717) is 0 Å². The Kier molecular flexibility index (Phi) is 6.47. The van der Waals surface area contributed by atoms with Gasteiger partial charge in [-0.2, -0.15) is 0 Å². The molecule has 0 aliphatic heterocycles. The molecule has 7 heavy (non-hydrogen) atoms. The fourth-order valence-corrected chi connectivity index (χ4v) is 0. The van der Waals surface area contributed by atoms with Gasteiger partial charge in [0.2, 0.25) is 5.24 Å². The number of hydrogen-bond donors (Lipinski definition) is 0. The zero-order valence-corrected chi connectivity index (χ0v) is 5.75. The highest BCUT2D eigenvalue weighted by molar-refractivity contribution is 6.63. The molecule has 0 aromatic carbocycles. The zero-order valence-electron chi connectivity index (χ0n) is 4.24. The summed E-state index contributed by atoms with van der Waals surface area (Å²) >= 11 is 4.97. The highest BCUT2D eigenvalue weighted by Crippen LogP contribution is 1.95. The Morgan fingerprint density at radius 3 is 1.71 bits per heavy atom. The Morgan fingerprint density at radius 1 is 1.57 bits per heavy atom. The van der Waals surface area contributed by atoms with Gasteiger partial charge in [-0.15, -0.1) is 0 Å². The predicted octanol–water partition coefficient (Wildman–Crippen LogP) is -1.59. The Bertz CT molecular complexity index is 60.7. The van der Waals surface area contributed by atoms with E-state index in [4.69, 9.17) is 11.6 Å². The molecule has 0 aliphatic rings. The molecule has 0 fully saturated rings. The molecule has 0 saturated heterocycles. The lowest BCUT2D eigenvalue weighted by Crippen LogP contribution is -3.00. The molecule has 0 bridgehead atoms. The molecule has 0 aromatic rings. The van der Waals surface area contributed by atoms with Crippen LogP contribution in [0, 0.1) is 5.92 Å². The first-order chi connectivity index (χ1) is 2.64. The lowest BCUT2D eigenvalue weighted by molar-refractivity contribution is -0.114. The number of carbonyl (C=O) groups excluding carboxylic acids is 1. The van der Waals surface area contributed by atoms with E-state index in [1.54, 1.807) is 13.8 Å². The van der Waals surface area contributed by atoms with Gasteiger partial charge in [0.05, 0.1) is 0 Å². The fourth-order valence-electron chi connectivity index (χ4n) is 0. The van der Waals surface area contributed by atoms with Crippen LogP contribution in [-0.4, -0.2) is 5.24 Å². The summed E-state index contributed by atoms with van der Waals surface area (Å²) in [7, 11) is 0. The van der Waals surface area contributed by atoms with E-state index in [1.165, 1.54) is 0 Å². The number of carbonyl (C=O) groups is 1. The summed E-state index contributed by atoms with van der Waals surface area (Å²) in [6.07, 6.45) is 0. The Hall–Kier alpha value is 0.250. The molecule has 0 heterocycles. The van der Waals surface area contributed by atoms with Crippen LogP contribution in [0.3, 0.4) is 0 Å². The molecule has 0 spiro atoms. The van der Waals surface area contributed by atoms with Gasteiger partial charge >= 0.3 is 0 Å². The van der Waals surface area contributed by atoms with Crippen LogP contribution in [-0.2, 0) is 4.79 Å². The van der Waals surface area contributed by atoms with E-state index in [0.717, 1.165) is 0 Å². The van der Waals surface area contributed by atoms with Gasteiger partial charge in [-0.1, -0.05) is 13.8 Å². The van der Waals surface area contributed by atoms with Gasteiger partial charge in [-0.25, -0.2) is 0 Å². The summed E-state index contributed by atoms with van der Waals surface area (Å²) in [5, 5.41) is -0.269. The molecule has 0 unspecified atom stereocenters. The molecule has 0 amide bonds. The van der Waals surface area contributed by atoms with Crippen molar-refractivity contribution in [1.82, 2.24) is 0 Å². The van der Waals surface area contributed by atoms with Crippen molar-refractivity contribution in [3.63, 3.8) is 0 Å². The Labute approximate surface area is 54.5 Å². The second kappa shape index (κ2) is 4.41. The maximum absolute atomic E-state index is 9.91. The van der Waals surface area contributed by atoms with Crippen molar-refractivity contribution in [1.29, 1.82) is 0 Å². The van der Waals surface area contributed by atoms with Crippen LogP contribution >= 0.6 is 11.6 Å². The van der Waals surface area contributed by atoms with Gasteiger partial charge in [0.15, 0.2) is 0 Å². The van der Waals surface area contributed by atoms with Crippen LogP contribution < -0.4 is 12.4 Å². The molecule has 1 nitrogen and oxygen atoms in total. The monoisotopic (exact) mass is 141 g/mol. The van der Waals surface area contributed by atoms with Crippen LogP contribution in [0.5, 0.6) is 0 Å². The molecule has 0 atom stereocenters. The van der Waals surface area contributed by atoms with Gasteiger partial charge in [-0.3, -0.25) is 4.79 Å². The summed E-state index contributed by atoms with van der Waals surface area (Å²) in [6.45, 7) is 3.52. The van der Waals surface area contributed by atoms with Crippen LogP contribution in [0.1, 0.15) is 13.8 Å². The first kappa shape index (κ1) is 10.3. The second-order valence-electron chi connectivity index (χ2n) is 1.46. The third-order valence-corrected chi connectivity index (χ3v) is 0.890. The van der Waals surface area contributed by atoms with Crippen molar-refractivity contribution in [2.24, 2.45) is 5.92 Å². The molecule has 0 rings (SSSR count). The second-order valence-corrected chi connectivity index (χ2v) is 1.83. The van der Waals surface area contributed by atoms with Crippen molar-refractivity contribution in [2.75, 3.05) is 0 Å². The molecular weight excluding hydrogens is 135 g/mol. The topological polar surface area (TPSA) is 17.1 Å². The molecule has 0 aromatic heterocycles. The van der Waals surface area contributed by atoms with E-state index >= 15 is 0 Å². The Balaban J connectivity index is 0. The van der Waals surface area contributed by atoms with Crippen molar-refractivity contribution >= 4 is 16.8 Å². The lowest BCUT2D eigenvalue weighted by Gasteiger charge is -1.88. The quantitative estimate of drug-likeness (QED) is 0.403. The first-order valence-electron chi connectivity index (χ1n) is 1.84. The number of hydrogen-bond acceptors (Lipinski definition) is 1. The first-order valence-corrected chi connectivity index (χ1v) is 2.21. The molecule has 0 N–H and O–H groups in total. The highest BCUT2D eigenvalue weighted by Gasteiger charge is 1.98. The summed E-state index contributed by atoms with van der Waals surface area (Å²) in [6, 6.07) is 0. The van der Waals surface area contributed by atoms with Gasteiger partial charge in [0, 0.05) is 5.92 Å². The minimum atomic E-state index is -0.269. The maximum atomic E-state index is 9.91. The van der Waals surface area contributed by atoms with E-state index < -0.39 is 0 Å². The average Bonchev–Trinajstić information content (AvgIpc) is 1.36. The predicted molar refractivity (Wildman–Crippen MR) is 25.7 cm³/mol. The molecule has 0 saturated carbocycles. The van der Waals surface area contributed by atoms with Crippen molar-refractivity contribution in [2.45, 2.75) is 13.8 Å². The molecular formula is C4H7Cl2O-. The highest BCUT2D eigenvalue weighted by atomic mass is 35.5. The third kappa shape index (κ3) is 6.25. The molecule has 0 aliphatic carbocycles. The maximum Gasteiger partial charge on any atom is 0.224 e. The van der Waals surface area contributed by atoms with E-state index in [-0.39, 0.29) is 23.6 Å². The van der Waals surface area contributed by atoms with E-state index in [1.807, 2.05) is 0 Å². The minimum absolute atomic E-state index is 0. The number of rotatable bonds is 1. The SMILES string of the molecule is CC(C)C(=O)Cl.[Cl-]. The van der Waals surface area contributed by atoms with Gasteiger partial charge in [0.1, 0.15) is 0 Å². The minimum Gasteiger partial charge on any atom is -1.00 e. The van der Waals surface area contributed by atoms with Crippen molar-refractivity contribution < 1.29 is 17.2 Å². The molecule has 44 valence electrons. The van der Waals surface area contributed by atoms with Crippen molar-refractivity contribution in [3.8, 4) is 0 Å². The largest absolute Gasteiger partial charge is 1.00 e. The average molecular weight is 142 g/mol. The van der Waals surface area contributed by atoms with E-state index in [2.05, 4.69) is 0 Å². The summed E-state index contributed by atoms with van der Waals surface area (Å²) in [4.78, 5) is 9.91. The molecule has 3 heteroatoms. The third-order valence-electron chi connectivity index (χ3n) is 0.454. The lowest BCUT2D eigenvalue weighted by atomic mass is 10.3.